The molecule has 3 N–H and O–H groups in total. The van der Waals surface area contributed by atoms with Gasteiger partial charge in [0.1, 0.15) is 15.7 Å². The van der Waals surface area contributed by atoms with Crippen LogP contribution < -0.4 is 11.3 Å². The molecule has 0 fully saturated rings. The molecule has 0 spiro atoms. The first kappa shape index (κ1) is 11.7. The van der Waals surface area contributed by atoms with Gasteiger partial charge in [0.05, 0.1) is 5.69 Å². The Morgan fingerprint density at radius 3 is 2.94 bits per heavy atom. The topological polar surface area (TPSA) is 68.0 Å². The lowest BCUT2D eigenvalue weighted by atomic mass is 10.2. The largest absolute Gasteiger partial charge is 0.289 e. The van der Waals surface area contributed by atoms with Crippen LogP contribution in [-0.4, -0.2) is 10.9 Å². The van der Waals surface area contributed by atoms with Crippen molar-refractivity contribution in [3.8, 4) is 10.6 Å². The van der Waals surface area contributed by atoms with Crippen molar-refractivity contribution in [2.24, 2.45) is 5.84 Å². The van der Waals surface area contributed by atoms with Gasteiger partial charge in [-0.2, -0.15) is 0 Å². The number of aryl methyl sites for hydroxylation is 1. The van der Waals surface area contributed by atoms with E-state index in [1.807, 2.05) is 0 Å². The molecule has 0 bridgehead atoms. The monoisotopic (exact) mass is 251 g/mol. The van der Waals surface area contributed by atoms with Crippen molar-refractivity contribution in [2.75, 3.05) is 0 Å². The Kier molecular flexibility index (Phi) is 3.16. The molecule has 0 saturated carbocycles. The number of nitrogens with zero attached hydrogens (tertiary/aromatic N) is 1. The van der Waals surface area contributed by atoms with E-state index in [0.717, 1.165) is 0 Å². The first-order valence-corrected chi connectivity index (χ1v) is 5.68. The molecule has 4 nitrogen and oxygen atoms in total. The van der Waals surface area contributed by atoms with Gasteiger partial charge in [-0.25, -0.2) is 15.2 Å². The predicted octanol–water partition coefficient (Wildman–Crippen LogP) is 1.86. The maximum atomic E-state index is 13.1. The minimum Gasteiger partial charge on any atom is -0.289 e. The second-order valence-electron chi connectivity index (χ2n) is 3.42. The van der Waals surface area contributed by atoms with Crippen LogP contribution in [0.25, 0.3) is 10.6 Å². The Bertz CT molecular complexity index is 568. The summed E-state index contributed by atoms with van der Waals surface area (Å²) >= 11 is 1.18. The van der Waals surface area contributed by atoms with Crippen molar-refractivity contribution in [1.29, 1.82) is 0 Å². The van der Waals surface area contributed by atoms with Crippen molar-refractivity contribution in [2.45, 2.75) is 6.92 Å². The summed E-state index contributed by atoms with van der Waals surface area (Å²) in [7, 11) is 0. The van der Waals surface area contributed by atoms with E-state index >= 15 is 0 Å². The number of carbonyl (C=O) groups is 1. The van der Waals surface area contributed by atoms with Gasteiger partial charge in [-0.05, 0) is 19.1 Å². The normalized spacial score (nSPS) is 10.3. The molecule has 2 rings (SSSR count). The first-order chi connectivity index (χ1) is 8.11. The SMILES string of the molecule is Cc1nc(-c2cccc(F)c2)sc1C(=O)NN. The molecule has 1 aromatic carbocycles. The number of halogens is 1. The molecule has 2 aromatic rings. The smallest absolute Gasteiger partial charge is 0.277 e. The maximum absolute atomic E-state index is 13.1. The molecule has 17 heavy (non-hydrogen) atoms. The van der Waals surface area contributed by atoms with Crippen LogP contribution in [0.5, 0.6) is 0 Å². The summed E-state index contributed by atoms with van der Waals surface area (Å²) in [4.78, 5) is 16.1. The summed E-state index contributed by atoms with van der Waals surface area (Å²) in [5.74, 6) is 4.34. The molecule has 1 heterocycles. The standard InChI is InChI=1S/C11H10FN3OS/c1-6-9(10(16)15-13)17-11(14-6)7-3-2-4-8(12)5-7/h2-5H,13H2,1H3,(H,15,16). The minimum absolute atomic E-state index is 0.333. The van der Waals surface area contributed by atoms with Crippen molar-refractivity contribution in [1.82, 2.24) is 10.4 Å². The van der Waals surface area contributed by atoms with Gasteiger partial charge >= 0.3 is 0 Å². The van der Waals surface area contributed by atoms with Crippen LogP contribution in [0.1, 0.15) is 15.4 Å². The summed E-state index contributed by atoms with van der Waals surface area (Å²) in [6, 6.07) is 6.08. The van der Waals surface area contributed by atoms with E-state index in [1.54, 1.807) is 19.1 Å². The lowest BCUT2D eigenvalue weighted by Gasteiger charge is -1.95. The fourth-order valence-electron chi connectivity index (χ4n) is 1.42. The molecular formula is C11H10FN3OS. The number of nitrogens with one attached hydrogen (secondary N) is 1. The molecule has 1 amide bonds. The third-order valence-electron chi connectivity index (χ3n) is 2.21. The average molecular weight is 251 g/mol. The molecule has 1 aromatic heterocycles. The summed E-state index contributed by atoms with van der Waals surface area (Å²) in [6.07, 6.45) is 0. The highest BCUT2D eigenvalue weighted by molar-refractivity contribution is 7.17. The van der Waals surface area contributed by atoms with Gasteiger partial charge < -0.3 is 0 Å². The molecule has 6 heteroatoms. The highest BCUT2D eigenvalue weighted by atomic mass is 32.1. The summed E-state index contributed by atoms with van der Waals surface area (Å²) < 4.78 is 13.1. The number of carbonyl (C=O) groups excluding carboxylic acids is 1. The zero-order valence-corrected chi connectivity index (χ0v) is 9.84. The maximum Gasteiger partial charge on any atom is 0.277 e. The van der Waals surface area contributed by atoms with Gasteiger partial charge in [0.2, 0.25) is 0 Å². The van der Waals surface area contributed by atoms with Gasteiger partial charge in [-0.1, -0.05) is 12.1 Å². The molecule has 0 aliphatic heterocycles. The Morgan fingerprint density at radius 2 is 2.29 bits per heavy atom. The van der Waals surface area contributed by atoms with E-state index in [1.165, 1.54) is 23.5 Å². The van der Waals surface area contributed by atoms with Crippen LogP contribution in [-0.2, 0) is 0 Å². The number of hydrogen-bond donors (Lipinski definition) is 2. The van der Waals surface area contributed by atoms with Crippen molar-refractivity contribution in [3.63, 3.8) is 0 Å². The number of aromatic nitrogens is 1. The van der Waals surface area contributed by atoms with Crippen LogP contribution >= 0.6 is 11.3 Å². The third kappa shape index (κ3) is 2.32. The molecule has 0 saturated heterocycles. The molecular weight excluding hydrogens is 241 g/mol. The molecule has 0 aliphatic rings. The van der Waals surface area contributed by atoms with Crippen molar-refractivity contribution >= 4 is 17.2 Å². The van der Waals surface area contributed by atoms with E-state index in [2.05, 4.69) is 10.4 Å². The highest BCUT2D eigenvalue weighted by Crippen LogP contribution is 2.28. The fraction of sp³-hybridized carbons (Fsp3) is 0.0909. The second kappa shape index (κ2) is 4.60. The first-order valence-electron chi connectivity index (χ1n) is 4.86. The number of nitrogen functional groups attached to an aromatic ring is 1. The van der Waals surface area contributed by atoms with Crippen LogP contribution in [0.2, 0.25) is 0 Å². The zero-order chi connectivity index (χ0) is 12.4. The van der Waals surface area contributed by atoms with Crippen LogP contribution in [0.3, 0.4) is 0 Å². The van der Waals surface area contributed by atoms with Gasteiger partial charge in [0, 0.05) is 5.56 Å². The van der Waals surface area contributed by atoms with E-state index in [9.17, 15) is 9.18 Å². The minimum atomic E-state index is -0.386. The Morgan fingerprint density at radius 1 is 1.53 bits per heavy atom. The average Bonchev–Trinajstić information content (AvgIpc) is 2.70. The number of thiazole rings is 1. The lowest BCUT2D eigenvalue weighted by Crippen LogP contribution is -2.29. The number of hydrazine groups is 1. The zero-order valence-electron chi connectivity index (χ0n) is 9.03. The Balaban J connectivity index is 2.44. The Hall–Kier alpha value is -1.79. The molecule has 0 aliphatic carbocycles. The number of amides is 1. The third-order valence-corrected chi connectivity index (χ3v) is 3.41. The van der Waals surface area contributed by atoms with Crippen molar-refractivity contribution < 1.29 is 9.18 Å². The number of rotatable bonds is 2. The molecule has 88 valence electrons. The number of benzene rings is 1. The van der Waals surface area contributed by atoms with Gasteiger partial charge in [-0.15, -0.1) is 11.3 Å². The number of hydrogen-bond acceptors (Lipinski definition) is 4. The van der Waals surface area contributed by atoms with E-state index < -0.39 is 0 Å². The lowest BCUT2D eigenvalue weighted by molar-refractivity contribution is 0.0957. The second-order valence-corrected chi connectivity index (χ2v) is 4.42. The molecule has 0 atom stereocenters. The van der Waals surface area contributed by atoms with Gasteiger partial charge in [0.25, 0.3) is 5.91 Å². The summed E-state index contributed by atoms with van der Waals surface area (Å²) in [5.41, 5.74) is 3.28. The summed E-state index contributed by atoms with van der Waals surface area (Å²) in [6.45, 7) is 1.71. The number of nitrogens with two attached hydrogens (primary N) is 1. The fourth-order valence-corrected chi connectivity index (χ4v) is 2.38. The molecule has 0 radical (unpaired) electrons. The highest BCUT2D eigenvalue weighted by Gasteiger charge is 2.15. The Labute approximate surface area is 101 Å². The molecule has 0 unspecified atom stereocenters. The summed E-state index contributed by atoms with van der Waals surface area (Å²) in [5, 5.41) is 0.598. The van der Waals surface area contributed by atoms with Crippen LogP contribution in [0, 0.1) is 12.7 Å². The van der Waals surface area contributed by atoms with E-state index in [4.69, 9.17) is 5.84 Å². The van der Waals surface area contributed by atoms with Gasteiger partial charge in [0.15, 0.2) is 0 Å². The van der Waals surface area contributed by atoms with E-state index in [0.29, 0.717) is 21.1 Å². The van der Waals surface area contributed by atoms with Crippen LogP contribution in [0.4, 0.5) is 4.39 Å². The quantitative estimate of drug-likeness (QED) is 0.486. The van der Waals surface area contributed by atoms with Crippen molar-refractivity contribution in [3.05, 3.63) is 40.7 Å². The van der Waals surface area contributed by atoms with Gasteiger partial charge in [-0.3, -0.25) is 10.2 Å². The predicted molar refractivity (Wildman–Crippen MR) is 63.9 cm³/mol. The van der Waals surface area contributed by atoms with Crippen LogP contribution in [0.15, 0.2) is 24.3 Å². The van der Waals surface area contributed by atoms with E-state index in [-0.39, 0.29) is 11.7 Å².